The van der Waals surface area contributed by atoms with E-state index >= 15 is 0 Å². The molecule has 1 aromatic carbocycles. The maximum Gasteiger partial charge on any atom is 0.340 e. The van der Waals surface area contributed by atoms with E-state index in [4.69, 9.17) is 4.74 Å². The first-order chi connectivity index (χ1) is 11.0. The molecule has 1 saturated heterocycles. The molecule has 1 fully saturated rings. The summed E-state index contributed by atoms with van der Waals surface area (Å²) in [4.78, 5) is 14.9. The zero-order chi connectivity index (χ0) is 16.6. The first-order valence-electron chi connectivity index (χ1n) is 7.92. The number of phenols is 1. The van der Waals surface area contributed by atoms with Crippen molar-refractivity contribution in [1.29, 1.82) is 0 Å². The van der Waals surface area contributed by atoms with Crippen molar-refractivity contribution < 1.29 is 14.6 Å². The van der Waals surface area contributed by atoms with Crippen LogP contribution in [0.4, 0.5) is 0 Å². The third-order valence-corrected chi connectivity index (χ3v) is 5.08. The van der Waals surface area contributed by atoms with Crippen LogP contribution in [0.3, 0.4) is 0 Å². The molecule has 24 heavy (non-hydrogen) atoms. The van der Waals surface area contributed by atoms with E-state index in [0.29, 0.717) is 16.6 Å². The number of aromatic hydroxyl groups is 1. The van der Waals surface area contributed by atoms with Gasteiger partial charge in [-0.25, -0.2) is 4.79 Å². The number of carbonyl (C=O) groups excluding carboxylic acids is 1. The first kappa shape index (κ1) is 19.1. The van der Waals surface area contributed by atoms with E-state index in [1.165, 1.54) is 12.8 Å². The number of ether oxygens (including phenoxy) is 1. The van der Waals surface area contributed by atoms with Crippen LogP contribution in [0.25, 0.3) is 10.9 Å². The molecule has 7 heteroatoms. The summed E-state index contributed by atoms with van der Waals surface area (Å²) in [6.07, 6.45) is 2.40. The van der Waals surface area contributed by atoms with Gasteiger partial charge in [0.25, 0.3) is 0 Å². The number of likely N-dealkylation sites (tertiary alicyclic amines) is 1. The van der Waals surface area contributed by atoms with Gasteiger partial charge < -0.3 is 14.4 Å². The summed E-state index contributed by atoms with van der Waals surface area (Å²) in [6, 6.07) is 3.49. The number of fused-ring (bicyclic) bond motifs is 1. The lowest BCUT2D eigenvalue weighted by molar-refractivity contribution is 0.0526. The smallest absolute Gasteiger partial charge is 0.340 e. The van der Waals surface area contributed by atoms with E-state index in [2.05, 4.69) is 20.8 Å². The molecule has 0 amide bonds. The minimum atomic E-state index is -0.325. The largest absolute Gasteiger partial charge is 0.507 e. The highest BCUT2D eigenvalue weighted by Gasteiger charge is 2.25. The van der Waals surface area contributed by atoms with Gasteiger partial charge in [0.1, 0.15) is 5.75 Å². The van der Waals surface area contributed by atoms with Gasteiger partial charge in [-0.3, -0.25) is 4.90 Å². The molecule has 0 bridgehead atoms. The zero-order valence-electron chi connectivity index (χ0n) is 13.8. The summed E-state index contributed by atoms with van der Waals surface area (Å²) in [5, 5.41) is 10.8. The summed E-state index contributed by atoms with van der Waals surface area (Å²) in [6.45, 7) is 4.97. The van der Waals surface area contributed by atoms with Gasteiger partial charge in [-0.15, -0.1) is 12.4 Å². The Balaban J connectivity index is 0.00000208. The van der Waals surface area contributed by atoms with Crippen LogP contribution in [0.15, 0.2) is 16.6 Å². The summed E-state index contributed by atoms with van der Waals surface area (Å²) in [5.41, 5.74) is 2.42. The topological polar surface area (TPSA) is 54.7 Å². The second kappa shape index (κ2) is 7.76. The molecule has 0 spiro atoms. The second-order valence-corrected chi connectivity index (χ2v) is 6.76. The number of nitrogens with zero attached hydrogens (tertiary/aromatic N) is 2. The maximum atomic E-state index is 12.5. The van der Waals surface area contributed by atoms with E-state index in [1.807, 2.05) is 17.7 Å². The number of rotatable bonds is 4. The van der Waals surface area contributed by atoms with E-state index in [0.717, 1.165) is 36.2 Å². The van der Waals surface area contributed by atoms with Crippen LogP contribution in [0.5, 0.6) is 5.75 Å². The van der Waals surface area contributed by atoms with Gasteiger partial charge >= 0.3 is 5.97 Å². The third kappa shape index (κ3) is 3.41. The molecule has 1 N–H and O–H groups in total. The first-order valence-corrected chi connectivity index (χ1v) is 8.71. The number of halogens is 2. The minimum absolute atomic E-state index is 0. The Hall–Kier alpha value is -1.24. The van der Waals surface area contributed by atoms with E-state index in [-0.39, 0.29) is 24.1 Å². The van der Waals surface area contributed by atoms with Crippen LogP contribution >= 0.6 is 28.3 Å². The Morgan fingerprint density at radius 3 is 2.62 bits per heavy atom. The number of benzene rings is 1. The van der Waals surface area contributed by atoms with Gasteiger partial charge in [0, 0.05) is 24.7 Å². The lowest BCUT2D eigenvalue weighted by Crippen LogP contribution is -2.22. The molecule has 0 unspecified atom stereocenters. The Morgan fingerprint density at radius 2 is 2.00 bits per heavy atom. The average molecular weight is 418 g/mol. The van der Waals surface area contributed by atoms with Crippen LogP contribution in [0.2, 0.25) is 0 Å². The Labute approximate surface area is 156 Å². The van der Waals surface area contributed by atoms with Crippen LogP contribution in [-0.4, -0.2) is 40.2 Å². The number of phenolic OH excluding ortho intramolecular Hbond substituents is 1. The standard InChI is InChI=1S/C17H21BrN2O3.ClH/c1-3-23-17(22)16-11-8-15(21)12(18)9-13(11)19(2)14(16)10-20-6-4-5-7-20;/h8-9,21H,3-7,10H2,1-2H3;1H. The fraction of sp³-hybridized carbons (Fsp3) is 0.471. The van der Waals surface area contributed by atoms with Crippen molar-refractivity contribution >= 4 is 45.2 Å². The van der Waals surface area contributed by atoms with Crippen molar-refractivity contribution in [3.63, 3.8) is 0 Å². The molecule has 0 radical (unpaired) electrons. The van der Waals surface area contributed by atoms with Gasteiger partial charge in [-0.05, 0) is 60.9 Å². The molecule has 2 heterocycles. The van der Waals surface area contributed by atoms with E-state index < -0.39 is 0 Å². The van der Waals surface area contributed by atoms with Gasteiger partial charge in [0.2, 0.25) is 0 Å². The van der Waals surface area contributed by atoms with E-state index in [9.17, 15) is 9.90 Å². The molecular formula is C17H22BrClN2O3. The molecule has 132 valence electrons. The molecule has 3 rings (SSSR count). The van der Waals surface area contributed by atoms with Crippen molar-refractivity contribution in [2.75, 3.05) is 19.7 Å². The Kier molecular flexibility index (Phi) is 6.17. The zero-order valence-corrected chi connectivity index (χ0v) is 16.2. The van der Waals surface area contributed by atoms with Gasteiger partial charge in [-0.1, -0.05) is 0 Å². The number of carbonyl (C=O) groups is 1. The molecule has 1 aliphatic rings. The van der Waals surface area contributed by atoms with Crippen molar-refractivity contribution in [1.82, 2.24) is 9.47 Å². The highest BCUT2D eigenvalue weighted by atomic mass is 79.9. The lowest BCUT2D eigenvalue weighted by atomic mass is 10.1. The third-order valence-electron chi connectivity index (χ3n) is 4.44. The van der Waals surface area contributed by atoms with Crippen molar-refractivity contribution in [3.05, 3.63) is 27.9 Å². The van der Waals surface area contributed by atoms with Crippen LogP contribution in [0.1, 0.15) is 35.8 Å². The summed E-state index contributed by atoms with van der Waals surface area (Å²) in [7, 11) is 1.96. The lowest BCUT2D eigenvalue weighted by Gasteiger charge is -2.16. The molecule has 5 nitrogen and oxygen atoms in total. The van der Waals surface area contributed by atoms with Crippen molar-refractivity contribution in [2.24, 2.45) is 7.05 Å². The normalized spacial score (nSPS) is 14.8. The fourth-order valence-electron chi connectivity index (χ4n) is 3.27. The maximum absolute atomic E-state index is 12.5. The predicted octanol–water partition coefficient (Wildman–Crippen LogP) is 3.84. The van der Waals surface area contributed by atoms with Crippen molar-refractivity contribution in [3.8, 4) is 5.75 Å². The molecule has 0 aliphatic carbocycles. The highest BCUT2D eigenvalue weighted by molar-refractivity contribution is 9.10. The summed E-state index contributed by atoms with van der Waals surface area (Å²) >= 11 is 3.35. The number of aromatic nitrogens is 1. The number of hydrogen-bond acceptors (Lipinski definition) is 4. The van der Waals surface area contributed by atoms with Gasteiger partial charge in [0.15, 0.2) is 0 Å². The van der Waals surface area contributed by atoms with Crippen molar-refractivity contribution in [2.45, 2.75) is 26.3 Å². The quantitative estimate of drug-likeness (QED) is 0.768. The second-order valence-electron chi connectivity index (χ2n) is 5.91. The molecule has 2 aromatic rings. The van der Waals surface area contributed by atoms with E-state index in [1.54, 1.807) is 13.0 Å². The average Bonchev–Trinajstić information content (AvgIpc) is 3.10. The molecule has 0 saturated carbocycles. The minimum Gasteiger partial charge on any atom is -0.507 e. The highest BCUT2D eigenvalue weighted by Crippen LogP contribution is 2.35. The Morgan fingerprint density at radius 1 is 1.33 bits per heavy atom. The monoisotopic (exact) mass is 416 g/mol. The summed E-state index contributed by atoms with van der Waals surface area (Å²) < 4.78 is 7.91. The van der Waals surface area contributed by atoms with Crippen LogP contribution in [0, 0.1) is 0 Å². The number of esters is 1. The SMILES string of the molecule is CCOC(=O)c1c(CN2CCCC2)n(C)c2cc(Br)c(O)cc12.Cl. The predicted molar refractivity (Wildman–Crippen MR) is 100.0 cm³/mol. The van der Waals surface area contributed by atoms with Crippen LogP contribution < -0.4 is 0 Å². The molecule has 1 aliphatic heterocycles. The number of hydrogen-bond donors (Lipinski definition) is 1. The molecule has 1 aromatic heterocycles. The Bertz CT molecular complexity index is 754. The number of aryl methyl sites for hydroxylation is 1. The fourth-order valence-corrected chi connectivity index (χ4v) is 3.60. The molecule has 0 atom stereocenters. The summed E-state index contributed by atoms with van der Waals surface area (Å²) in [5.74, 6) is -0.199. The van der Waals surface area contributed by atoms with Gasteiger partial charge in [-0.2, -0.15) is 0 Å². The molecular weight excluding hydrogens is 396 g/mol. The van der Waals surface area contributed by atoms with Crippen LogP contribution in [-0.2, 0) is 18.3 Å². The van der Waals surface area contributed by atoms with Gasteiger partial charge in [0.05, 0.1) is 22.2 Å².